The van der Waals surface area contributed by atoms with Crippen molar-refractivity contribution in [3.8, 4) is 0 Å². The number of rotatable bonds is 15. The maximum Gasteiger partial charge on any atom is 0.211 e. The first-order valence-electron chi connectivity index (χ1n) is 8.97. The molecule has 0 radical (unpaired) electrons. The molecule has 0 amide bonds. The number of unbranched alkanes of at least 4 members (excludes halogenated alkanes) is 11. The van der Waals surface area contributed by atoms with Crippen LogP contribution in [0.25, 0.3) is 0 Å². The van der Waals surface area contributed by atoms with Gasteiger partial charge in [0.15, 0.2) is 0 Å². The quantitative estimate of drug-likeness (QED) is 0.400. The minimum Gasteiger partial charge on any atom is -0.213 e. The van der Waals surface area contributed by atoms with E-state index in [2.05, 4.69) is 6.92 Å². The summed E-state index contributed by atoms with van der Waals surface area (Å²) in [5.41, 5.74) is 0. The molecule has 0 aromatic rings. The summed E-state index contributed by atoms with van der Waals surface area (Å²) in [5.74, 6) is 0. The van der Waals surface area contributed by atoms with E-state index < -0.39 is 10.0 Å². The van der Waals surface area contributed by atoms with Crippen LogP contribution in [-0.4, -0.2) is 32.1 Å². The van der Waals surface area contributed by atoms with E-state index in [9.17, 15) is 8.42 Å². The van der Waals surface area contributed by atoms with Gasteiger partial charge in [0.05, 0.1) is 6.26 Å². The molecule has 0 spiro atoms. The molecule has 0 bridgehead atoms. The molecule has 0 aromatic carbocycles. The molecule has 0 saturated carbocycles. The maximum atomic E-state index is 11.4. The van der Waals surface area contributed by atoms with E-state index in [1.165, 1.54) is 70.5 Å². The van der Waals surface area contributed by atoms with E-state index in [4.69, 9.17) is 0 Å². The fourth-order valence-corrected chi connectivity index (χ4v) is 3.62. The molecule has 0 aliphatic carbocycles. The van der Waals surface area contributed by atoms with Gasteiger partial charge in [0, 0.05) is 13.1 Å². The highest BCUT2D eigenvalue weighted by Crippen LogP contribution is 2.12. The molecule has 4 heteroatoms. The normalized spacial score (nSPS) is 12.2. The van der Waals surface area contributed by atoms with E-state index in [0.717, 1.165) is 12.8 Å². The first kappa shape index (κ1) is 20.9. The summed E-state index contributed by atoms with van der Waals surface area (Å²) in [7, 11) is -3.00. The van der Waals surface area contributed by atoms with Crippen molar-refractivity contribution in [2.24, 2.45) is 0 Å². The van der Waals surface area contributed by atoms with Crippen molar-refractivity contribution in [1.29, 1.82) is 0 Å². The van der Waals surface area contributed by atoms with Crippen molar-refractivity contribution in [3.05, 3.63) is 0 Å². The average Bonchev–Trinajstić information content (AvgIpc) is 2.42. The standard InChI is InChI=1S/C17H37NO2S/c1-4-6-7-8-9-10-11-12-13-14-15-16-17-18(5-2)21(3,19)20/h4-17H2,1-3H3. The van der Waals surface area contributed by atoms with E-state index >= 15 is 0 Å². The molecular weight excluding hydrogens is 282 g/mol. The summed E-state index contributed by atoms with van der Waals surface area (Å²) in [6.45, 7) is 5.45. The highest BCUT2D eigenvalue weighted by Gasteiger charge is 2.12. The van der Waals surface area contributed by atoms with E-state index in [1.54, 1.807) is 4.31 Å². The predicted octanol–water partition coefficient (Wildman–Crippen LogP) is 4.97. The SMILES string of the molecule is CCCCCCCCCCCCCCN(CC)S(C)(=O)=O. The molecular formula is C17H37NO2S. The number of hydrogen-bond donors (Lipinski definition) is 0. The van der Waals surface area contributed by atoms with Gasteiger partial charge in [-0.3, -0.25) is 0 Å². The Kier molecular flexibility index (Phi) is 13.5. The van der Waals surface area contributed by atoms with E-state index in [1.807, 2.05) is 6.92 Å². The first-order valence-corrected chi connectivity index (χ1v) is 10.8. The van der Waals surface area contributed by atoms with Gasteiger partial charge >= 0.3 is 0 Å². The van der Waals surface area contributed by atoms with Gasteiger partial charge in [-0.25, -0.2) is 12.7 Å². The zero-order chi connectivity index (χ0) is 16.0. The third kappa shape index (κ3) is 13.3. The minimum absolute atomic E-state index is 0.594. The molecule has 0 unspecified atom stereocenters. The third-order valence-electron chi connectivity index (χ3n) is 4.08. The molecule has 0 rings (SSSR count). The van der Waals surface area contributed by atoms with Gasteiger partial charge in [-0.15, -0.1) is 0 Å². The second-order valence-electron chi connectivity index (χ2n) is 6.14. The Hall–Kier alpha value is -0.0900. The van der Waals surface area contributed by atoms with Crippen molar-refractivity contribution >= 4 is 10.0 Å². The fourth-order valence-electron chi connectivity index (χ4n) is 2.69. The lowest BCUT2D eigenvalue weighted by Gasteiger charge is -2.17. The van der Waals surface area contributed by atoms with Gasteiger partial charge in [0.1, 0.15) is 0 Å². The molecule has 0 saturated heterocycles. The van der Waals surface area contributed by atoms with Gasteiger partial charge in [0.2, 0.25) is 10.0 Å². The van der Waals surface area contributed by atoms with Crippen molar-refractivity contribution < 1.29 is 8.42 Å². The molecule has 0 fully saturated rings. The Morgan fingerprint density at radius 2 is 1.05 bits per heavy atom. The van der Waals surface area contributed by atoms with Crippen LogP contribution in [0.1, 0.15) is 90.9 Å². The Bertz CT molecular complexity index is 315. The predicted molar refractivity (Wildman–Crippen MR) is 93.2 cm³/mol. The molecule has 0 N–H and O–H groups in total. The zero-order valence-electron chi connectivity index (χ0n) is 14.6. The van der Waals surface area contributed by atoms with Gasteiger partial charge in [-0.1, -0.05) is 84.5 Å². The largest absolute Gasteiger partial charge is 0.213 e. The number of nitrogens with zero attached hydrogens (tertiary/aromatic N) is 1. The first-order chi connectivity index (χ1) is 10.0. The van der Waals surface area contributed by atoms with Crippen molar-refractivity contribution in [2.75, 3.05) is 19.3 Å². The molecule has 0 aliphatic heterocycles. The summed E-state index contributed by atoms with van der Waals surface area (Å²) in [6, 6.07) is 0. The van der Waals surface area contributed by atoms with Crippen molar-refractivity contribution in [1.82, 2.24) is 4.31 Å². The highest BCUT2D eigenvalue weighted by molar-refractivity contribution is 7.88. The zero-order valence-corrected chi connectivity index (χ0v) is 15.4. The molecule has 0 aromatic heterocycles. The molecule has 0 heterocycles. The highest BCUT2D eigenvalue weighted by atomic mass is 32.2. The van der Waals surface area contributed by atoms with Crippen LogP contribution in [-0.2, 0) is 10.0 Å². The van der Waals surface area contributed by atoms with Crippen molar-refractivity contribution in [2.45, 2.75) is 90.9 Å². The fraction of sp³-hybridized carbons (Fsp3) is 1.00. The Labute approximate surface area is 133 Å². The van der Waals surface area contributed by atoms with Crippen LogP contribution in [0, 0.1) is 0 Å². The monoisotopic (exact) mass is 319 g/mol. The van der Waals surface area contributed by atoms with Gasteiger partial charge < -0.3 is 0 Å². The lowest BCUT2D eigenvalue weighted by Crippen LogP contribution is -2.30. The summed E-state index contributed by atoms with van der Waals surface area (Å²) in [6.07, 6.45) is 17.1. The lowest BCUT2D eigenvalue weighted by molar-refractivity contribution is 0.414. The van der Waals surface area contributed by atoms with E-state index in [0.29, 0.717) is 13.1 Å². The van der Waals surface area contributed by atoms with E-state index in [-0.39, 0.29) is 0 Å². The van der Waals surface area contributed by atoms with Crippen LogP contribution < -0.4 is 0 Å². The number of sulfonamides is 1. The summed E-state index contributed by atoms with van der Waals surface area (Å²) >= 11 is 0. The Morgan fingerprint density at radius 1 is 0.667 bits per heavy atom. The van der Waals surface area contributed by atoms with Gasteiger partial charge in [-0.05, 0) is 6.42 Å². The molecule has 3 nitrogen and oxygen atoms in total. The Balaban J connectivity index is 3.29. The van der Waals surface area contributed by atoms with Gasteiger partial charge in [-0.2, -0.15) is 0 Å². The second-order valence-corrected chi connectivity index (χ2v) is 8.13. The molecule has 21 heavy (non-hydrogen) atoms. The topological polar surface area (TPSA) is 37.4 Å². The maximum absolute atomic E-state index is 11.4. The smallest absolute Gasteiger partial charge is 0.211 e. The second kappa shape index (κ2) is 13.6. The lowest BCUT2D eigenvalue weighted by atomic mass is 10.1. The third-order valence-corrected chi connectivity index (χ3v) is 5.46. The minimum atomic E-state index is -3.00. The Morgan fingerprint density at radius 3 is 1.38 bits per heavy atom. The molecule has 0 atom stereocenters. The van der Waals surface area contributed by atoms with Crippen molar-refractivity contribution in [3.63, 3.8) is 0 Å². The van der Waals surface area contributed by atoms with Crippen LogP contribution in [0.15, 0.2) is 0 Å². The van der Waals surface area contributed by atoms with Crippen LogP contribution in [0.2, 0.25) is 0 Å². The summed E-state index contributed by atoms with van der Waals surface area (Å²) < 4.78 is 24.4. The van der Waals surface area contributed by atoms with Crippen LogP contribution >= 0.6 is 0 Å². The summed E-state index contributed by atoms with van der Waals surface area (Å²) in [4.78, 5) is 0. The molecule has 128 valence electrons. The average molecular weight is 320 g/mol. The van der Waals surface area contributed by atoms with Crippen LogP contribution in [0.5, 0.6) is 0 Å². The number of hydrogen-bond acceptors (Lipinski definition) is 2. The van der Waals surface area contributed by atoms with Gasteiger partial charge in [0.25, 0.3) is 0 Å². The molecule has 0 aliphatic rings. The van der Waals surface area contributed by atoms with Crippen LogP contribution in [0.4, 0.5) is 0 Å². The summed E-state index contributed by atoms with van der Waals surface area (Å²) in [5, 5.41) is 0. The van der Waals surface area contributed by atoms with Crippen LogP contribution in [0.3, 0.4) is 0 Å².